The molecule has 4 aliphatic rings. The molecular formula is C13H17N3O3. The zero-order chi connectivity index (χ0) is 13.1. The number of aromatic carboxylic acids is 1. The van der Waals surface area contributed by atoms with Crippen LogP contribution in [0.2, 0.25) is 0 Å². The lowest BCUT2D eigenvalue weighted by Crippen LogP contribution is -2.48. The van der Waals surface area contributed by atoms with E-state index in [9.17, 15) is 9.59 Å². The number of hydrogen-bond donors (Lipinski definition) is 2. The van der Waals surface area contributed by atoms with Gasteiger partial charge < -0.3 is 5.11 Å². The number of nitrogens with one attached hydrogen (secondary N) is 1. The van der Waals surface area contributed by atoms with Gasteiger partial charge in [-0.25, -0.2) is 14.7 Å². The van der Waals surface area contributed by atoms with Gasteiger partial charge in [0.15, 0.2) is 0 Å². The van der Waals surface area contributed by atoms with Crippen LogP contribution in [0.25, 0.3) is 0 Å². The molecule has 0 atom stereocenters. The van der Waals surface area contributed by atoms with Crippen LogP contribution in [0.1, 0.15) is 48.6 Å². The Labute approximate surface area is 109 Å². The van der Waals surface area contributed by atoms with Crippen molar-refractivity contribution < 1.29 is 9.90 Å². The van der Waals surface area contributed by atoms with E-state index in [0.29, 0.717) is 11.8 Å². The molecule has 0 radical (unpaired) electrons. The van der Waals surface area contributed by atoms with Crippen LogP contribution >= 0.6 is 0 Å². The van der Waals surface area contributed by atoms with Crippen molar-refractivity contribution in [3.05, 3.63) is 16.0 Å². The number of rotatable bonds is 2. The molecule has 1 aromatic rings. The van der Waals surface area contributed by atoms with E-state index >= 15 is 0 Å². The molecule has 6 nitrogen and oxygen atoms in total. The molecule has 6 heteroatoms. The van der Waals surface area contributed by atoms with E-state index in [0.717, 1.165) is 11.8 Å². The predicted octanol–water partition coefficient (Wildman–Crippen LogP) is 1.27. The average Bonchev–Trinajstić information content (AvgIpc) is 2.70. The predicted molar refractivity (Wildman–Crippen MR) is 65.9 cm³/mol. The fourth-order valence-corrected chi connectivity index (χ4v) is 4.97. The molecule has 4 bridgehead atoms. The van der Waals surface area contributed by atoms with Crippen LogP contribution in [-0.2, 0) is 0 Å². The third-order valence-corrected chi connectivity index (χ3v) is 5.37. The highest BCUT2D eigenvalue weighted by atomic mass is 16.4. The van der Waals surface area contributed by atoms with Gasteiger partial charge in [-0.1, -0.05) is 0 Å². The van der Waals surface area contributed by atoms with Crippen LogP contribution in [0, 0.1) is 23.7 Å². The molecule has 4 aliphatic carbocycles. The molecule has 1 aromatic heterocycles. The highest BCUT2D eigenvalue weighted by Crippen LogP contribution is 2.57. The Morgan fingerprint density at radius 3 is 2.21 bits per heavy atom. The van der Waals surface area contributed by atoms with Gasteiger partial charge in [0, 0.05) is 0 Å². The van der Waals surface area contributed by atoms with Crippen molar-refractivity contribution in [1.29, 1.82) is 0 Å². The summed E-state index contributed by atoms with van der Waals surface area (Å²) in [7, 11) is 0. The van der Waals surface area contributed by atoms with Gasteiger partial charge in [-0.05, 0) is 55.8 Å². The van der Waals surface area contributed by atoms with Gasteiger partial charge in [0.1, 0.15) is 0 Å². The van der Waals surface area contributed by atoms with Gasteiger partial charge in [0.2, 0.25) is 5.69 Å². The summed E-state index contributed by atoms with van der Waals surface area (Å²) in [6, 6.07) is 0.140. The minimum Gasteiger partial charge on any atom is -0.476 e. The highest BCUT2D eigenvalue weighted by Gasteiger charge is 2.49. The van der Waals surface area contributed by atoms with Crippen molar-refractivity contribution in [2.24, 2.45) is 23.7 Å². The molecule has 2 N–H and O–H groups in total. The smallest absolute Gasteiger partial charge is 0.362 e. The fraction of sp³-hybridized carbons (Fsp3) is 0.769. The Morgan fingerprint density at radius 2 is 1.74 bits per heavy atom. The van der Waals surface area contributed by atoms with E-state index in [1.165, 1.54) is 36.8 Å². The van der Waals surface area contributed by atoms with E-state index in [-0.39, 0.29) is 11.7 Å². The van der Waals surface area contributed by atoms with Gasteiger partial charge >= 0.3 is 11.5 Å². The van der Waals surface area contributed by atoms with Gasteiger partial charge in [-0.3, -0.25) is 4.79 Å². The normalized spacial score (nSPS) is 39.7. The van der Waals surface area contributed by atoms with Gasteiger partial charge in [0.05, 0.1) is 6.04 Å². The quantitative estimate of drug-likeness (QED) is 0.841. The molecule has 0 aromatic carbocycles. The Morgan fingerprint density at radius 1 is 1.16 bits per heavy atom. The lowest BCUT2D eigenvalue weighted by Gasteiger charge is -2.54. The third-order valence-electron chi connectivity index (χ3n) is 5.37. The first-order valence-corrected chi connectivity index (χ1v) is 7.03. The largest absolute Gasteiger partial charge is 0.476 e. The second-order valence-electron chi connectivity index (χ2n) is 6.46. The van der Waals surface area contributed by atoms with Crippen molar-refractivity contribution in [2.45, 2.75) is 38.1 Å². The molecule has 19 heavy (non-hydrogen) atoms. The number of aromatic nitrogens is 3. The van der Waals surface area contributed by atoms with Gasteiger partial charge in [0.25, 0.3) is 0 Å². The molecule has 0 aliphatic heterocycles. The zero-order valence-electron chi connectivity index (χ0n) is 10.6. The second-order valence-corrected chi connectivity index (χ2v) is 6.46. The standard InChI is InChI=1S/C13H17N3O3/c17-12-10(13(18)19)14-15-16(12)11-8-2-6-1-7(4-8)5-9(11)3-6/h6-9,11,15H,1-5H2,(H,18,19). The van der Waals surface area contributed by atoms with Crippen molar-refractivity contribution in [3.63, 3.8) is 0 Å². The number of H-pyrrole nitrogens is 1. The summed E-state index contributed by atoms with van der Waals surface area (Å²) in [5.41, 5.74) is -0.848. The summed E-state index contributed by atoms with van der Waals surface area (Å²) in [6.07, 6.45) is 6.10. The maximum absolute atomic E-state index is 12.1. The Balaban J connectivity index is 1.73. The SMILES string of the molecule is O=C(O)c1n[nH]n(C2C3CC4CC(C3)CC2C4)c1=O. The summed E-state index contributed by atoms with van der Waals surface area (Å²) in [5.74, 6) is 1.46. The lowest BCUT2D eigenvalue weighted by atomic mass is 9.54. The molecular weight excluding hydrogens is 246 g/mol. The van der Waals surface area contributed by atoms with Crippen LogP contribution < -0.4 is 5.56 Å². The van der Waals surface area contributed by atoms with E-state index in [1.54, 1.807) is 0 Å². The first kappa shape index (κ1) is 11.3. The molecule has 0 saturated heterocycles. The Kier molecular flexibility index (Phi) is 2.20. The summed E-state index contributed by atoms with van der Waals surface area (Å²) < 4.78 is 1.50. The van der Waals surface area contributed by atoms with E-state index in [2.05, 4.69) is 10.3 Å². The summed E-state index contributed by atoms with van der Waals surface area (Å²) in [6.45, 7) is 0. The summed E-state index contributed by atoms with van der Waals surface area (Å²) >= 11 is 0. The minimum atomic E-state index is -1.25. The van der Waals surface area contributed by atoms with E-state index in [1.807, 2.05) is 0 Å². The lowest BCUT2D eigenvalue weighted by molar-refractivity contribution is -0.0354. The maximum Gasteiger partial charge on any atom is 0.362 e. The van der Waals surface area contributed by atoms with Crippen LogP contribution in [0.15, 0.2) is 4.79 Å². The minimum absolute atomic E-state index is 0.140. The molecule has 1 heterocycles. The molecule has 0 unspecified atom stereocenters. The molecule has 4 fully saturated rings. The van der Waals surface area contributed by atoms with Gasteiger partial charge in [-0.2, -0.15) is 0 Å². The van der Waals surface area contributed by atoms with Crippen molar-refractivity contribution >= 4 is 5.97 Å². The number of carbonyl (C=O) groups is 1. The number of aromatic amines is 1. The van der Waals surface area contributed by atoms with Crippen molar-refractivity contribution in [2.75, 3.05) is 0 Å². The Hall–Kier alpha value is -1.59. The van der Waals surface area contributed by atoms with Gasteiger partial charge in [-0.15, -0.1) is 5.10 Å². The van der Waals surface area contributed by atoms with Crippen LogP contribution in [0.3, 0.4) is 0 Å². The molecule has 4 saturated carbocycles. The fourth-order valence-electron chi connectivity index (χ4n) is 4.97. The molecule has 102 valence electrons. The molecule has 0 spiro atoms. The highest BCUT2D eigenvalue weighted by molar-refractivity contribution is 5.84. The third kappa shape index (κ3) is 1.52. The van der Waals surface area contributed by atoms with Crippen molar-refractivity contribution in [3.8, 4) is 0 Å². The number of nitrogens with zero attached hydrogens (tertiary/aromatic N) is 2. The first-order chi connectivity index (χ1) is 9.13. The monoisotopic (exact) mass is 263 g/mol. The maximum atomic E-state index is 12.1. The first-order valence-electron chi connectivity index (χ1n) is 7.03. The topological polar surface area (TPSA) is 88.0 Å². The van der Waals surface area contributed by atoms with Crippen LogP contribution in [0.4, 0.5) is 0 Å². The van der Waals surface area contributed by atoms with E-state index in [4.69, 9.17) is 5.11 Å². The Bertz CT molecular complexity index is 560. The van der Waals surface area contributed by atoms with E-state index < -0.39 is 11.5 Å². The molecule has 0 amide bonds. The summed E-state index contributed by atoms with van der Waals surface area (Å²) in [4.78, 5) is 23.0. The number of carboxylic acids is 1. The second kappa shape index (κ2) is 3.71. The van der Waals surface area contributed by atoms with Crippen LogP contribution in [0.5, 0.6) is 0 Å². The molecule has 5 rings (SSSR count). The zero-order valence-corrected chi connectivity index (χ0v) is 10.6. The number of hydrogen-bond acceptors (Lipinski definition) is 3. The summed E-state index contributed by atoms with van der Waals surface area (Å²) in [5, 5.41) is 15.3. The number of carboxylic acid groups (broad SMARTS) is 1. The van der Waals surface area contributed by atoms with Crippen molar-refractivity contribution in [1.82, 2.24) is 15.0 Å². The average molecular weight is 263 g/mol. The van der Waals surface area contributed by atoms with Crippen LogP contribution in [-0.4, -0.2) is 26.1 Å².